The molecule has 0 saturated carbocycles. The number of ether oxygens (including phenoxy) is 2. The summed E-state index contributed by atoms with van der Waals surface area (Å²) in [4.78, 5) is 36.2. The van der Waals surface area contributed by atoms with Gasteiger partial charge in [-0.05, 0) is 51.9 Å². The number of hydrogen-bond donors (Lipinski definition) is 12. The number of ketones is 1. The van der Waals surface area contributed by atoms with Gasteiger partial charge in [0.2, 0.25) is 24.4 Å². The summed E-state index contributed by atoms with van der Waals surface area (Å²) < 4.78 is 9.94. The zero-order valence-corrected chi connectivity index (χ0v) is 26.2. The molecular weight excluding hydrogens is 616 g/mol. The summed E-state index contributed by atoms with van der Waals surface area (Å²) >= 11 is 0. The van der Waals surface area contributed by atoms with Gasteiger partial charge in [0.15, 0.2) is 28.8 Å². The highest BCUT2D eigenvalue weighted by Crippen LogP contribution is 2.14. The Balaban J connectivity index is 4.16. The van der Waals surface area contributed by atoms with Crippen LogP contribution >= 0.6 is 0 Å². The van der Waals surface area contributed by atoms with Crippen LogP contribution < -0.4 is 10.6 Å². The lowest BCUT2D eigenvalue weighted by Crippen LogP contribution is -2.39. The Morgan fingerprint density at radius 3 is 1.50 bits per heavy atom. The molecule has 0 aromatic heterocycles. The first-order valence-electron chi connectivity index (χ1n) is 15.2. The Hall–Kier alpha value is -3.03. The molecule has 0 aliphatic carbocycles. The molecule has 0 bridgehead atoms. The lowest BCUT2D eigenvalue weighted by atomic mass is 10.1. The Kier molecular flexibility index (Phi) is 23.5. The third kappa shape index (κ3) is 18.8. The molecule has 0 aromatic carbocycles. The number of nitrogens with one attached hydrogen (secondary N) is 2. The van der Waals surface area contributed by atoms with Gasteiger partial charge in [0.1, 0.15) is 12.2 Å². The maximum atomic E-state index is 12.3. The standard InChI is InChI=1S/C29H52N2O15/c1-18(34)19(31-23(38)10-4-7-17-46-29(44)27(42)25(40)21(36)12-15-33)8-2-5-13-30-22(37)9-3-6-16-45-28(43)26(41)24(39)20(35)11-14-32/h19-21,28-29,32-33,35-36,39-44H,2-17H2,1H3,(H,30,37)(H,31,38)/b26-24-,27-25-. The van der Waals surface area contributed by atoms with Gasteiger partial charge in [0.25, 0.3) is 0 Å². The molecule has 0 fully saturated rings. The normalized spacial score (nSPS) is 16.0. The fraction of sp³-hybridized carbons (Fsp3) is 0.759. The van der Waals surface area contributed by atoms with E-state index in [1.165, 1.54) is 6.92 Å². The third-order valence-corrected chi connectivity index (χ3v) is 6.64. The summed E-state index contributed by atoms with van der Waals surface area (Å²) in [5.41, 5.74) is 0. The van der Waals surface area contributed by atoms with Crippen LogP contribution in [-0.4, -0.2) is 132 Å². The molecule has 46 heavy (non-hydrogen) atoms. The minimum atomic E-state index is -1.89. The van der Waals surface area contributed by atoms with E-state index in [1.807, 2.05) is 0 Å². The van der Waals surface area contributed by atoms with E-state index in [4.69, 9.17) is 19.7 Å². The Morgan fingerprint density at radius 1 is 0.609 bits per heavy atom. The average molecular weight is 669 g/mol. The summed E-state index contributed by atoms with van der Waals surface area (Å²) in [5.74, 6) is -4.55. The van der Waals surface area contributed by atoms with Crippen molar-refractivity contribution in [3.8, 4) is 0 Å². The van der Waals surface area contributed by atoms with E-state index in [0.29, 0.717) is 51.5 Å². The highest BCUT2D eigenvalue weighted by molar-refractivity contribution is 5.87. The van der Waals surface area contributed by atoms with Gasteiger partial charge in [0.05, 0.1) is 19.3 Å². The second-order valence-electron chi connectivity index (χ2n) is 10.5. The molecular formula is C29H52N2O15. The van der Waals surface area contributed by atoms with Crippen LogP contribution in [0, 0.1) is 0 Å². The highest BCUT2D eigenvalue weighted by atomic mass is 16.6. The van der Waals surface area contributed by atoms with Crippen LogP contribution in [-0.2, 0) is 23.9 Å². The number of amides is 2. The quantitative estimate of drug-likeness (QED) is 0.0298. The minimum Gasteiger partial charge on any atom is -0.506 e. The molecule has 17 heteroatoms. The molecule has 0 aliphatic rings. The van der Waals surface area contributed by atoms with E-state index in [1.54, 1.807) is 0 Å². The number of aliphatic hydroxyl groups is 10. The second-order valence-corrected chi connectivity index (χ2v) is 10.5. The molecule has 0 spiro atoms. The van der Waals surface area contributed by atoms with Gasteiger partial charge >= 0.3 is 0 Å². The largest absolute Gasteiger partial charge is 0.506 e. The van der Waals surface area contributed by atoms with Crippen molar-refractivity contribution in [2.24, 2.45) is 0 Å². The van der Waals surface area contributed by atoms with Crippen molar-refractivity contribution in [3.63, 3.8) is 0 Å². The fourth-order valence-electron chi connectivity index (χ4n) is 3.87. The first kappa shape index (κ1) is 43.0. The van der Waals surface area contributed by atoms with Crippen LogP contribution in [0.1, 0.15) is 77.6 Å². The maximum absolute atomic E-state index is 12.3. The fourth-order valence-corrected chi connectivity index (χ4v) is 3.87. The second kappa shape index (κ2) is 25.1. The molecule has 2 amide bonds. The van der Waals surface area contributed by atoms with Crippen molar-refractivity contribution in [1.29, 1.82) is 0 Å². The lowest BCUT2D eigenvalue weighted by molar-refractivity contribution is -0.127. The SMILES string of the molecule is CC(=O)C(CCCCNC(=O)CCCCOC(O)/C(O)=C(/O)C(O)CCO)NC(=O)CCCCOC(O)/C(O)=C(/O)C(O)CCO. The van der Waals surface area contributed by atoms with Gasteiger partial charge in [-0.25, -0.2) is 0 Å². The number of carbonyl (C=O) groups excluding carboxylic acids is 3. The van der Waals surface area contributed by atoms with E-state index in [0.717, 1.165) is 0 Å². The summed E-state index contributed by atoms with van der Waals surface area (Å²) in [7, 11) is 0. The molecule has 5 atom stereocenters. The Labute approximate surface area is 267 Å². The van der Waals surface area contributed by atoms with Crippen LogP contribution in [0.15, 0.2) is 23.0 Å². The molecule has 0 aromatic rings. The number of unbranched alkanes of at least 4 members (excludes halogenated alkanes) is 3. The first-order chi connectivity index (χ1) is 21.8. The summed E-state index contributed by atoms with van der Waals surface area (Å²) in [5, 5.41) is 99.9. The van der Waals surface area contributed by atoms with E-state index in [-0.39, 0.29) is 56.5 Å². The molecule has 5 unspecified atom stereocenters. The lowest BCUT2D eigenvalue weighted by Gasteiger charge is -2.17. The van der Waals surface area contributed by atoms with Crippen LogP contribution in [0.3, 0.4) is 0 Å². The maximum Gasteiger partial charge on any atom is 0.220 e. The summed E-state index contributed by atoms with van der Waals surface area (Å²) in [6, 6.07) is -0.693. The van der Waals surface area contributed by atoms with E-state index in [2.05, 4.69) is 10.6 Å². The van der Waals surface area contributed by atoms with Gasteiger partial charge in [-0.3, -0.25) is 14.4 Å². The van der Waals surface area contributed by atoms with Crippen molar-refractivity contribution in [2.45, 2.75) is 108 Å². The minimum absolute atomic E-state index is 0.0387. The number of rotatable bonds is 27. The van der Waals surface area contributed by atoms with Gasteiger partial charge in [0, 0.05) is 45.4 Å². The number of carbonyl (C=O) groups is 3. The highest BCUT2D eigenvalue weighted by Gasteiger charge is 2.22. The molecule has 17 nitrogen and oxygen atoms in total. The zero-order chi connectivity index (χ0) is 35.1. The molecule has 0 aliphatic heterocycles. The molecule has 0 rings (SSSR count). The van der Waals surface area contributed by atoms with Crippen LogP contribution in [0.4, 0.5) is 0 Å². The molecule has 0 heterocycles. The topological polar surface area (TPSA) is 296 Å². The smallest absolute Gasteiger partial charge is 0.220 e. The van der Waals surface area contributed by atoms with Crippen molar-refractivity contribution in [3.05, 3.63) is 23.0 Å². The van der Waals surface area contributed by atoms with Crippen molar-refractivity contribution in [2.75, 3.05) is 33.0 Å². The summed E-state index contributed by atoms with van der Waals surface area (Å²) in [6.07, 6.45) is -4.21. The Bertz CT molecular complexity index is 959. The number of Topliss-reactive ketones (excluding diaryl/α,β-unsaturated/α-hetero) is 1. The average Bonchev–Trinajstić information content (AvgIpc) is 3.01. The molecule has 12 N–H and O–H groups in total. The summed E-state index contributed by atoms with van der Waals surface area (Å²) in [6.45, 7) is 0.717. The van der Waals surface area contributed by atoms with Gasteiger partial charge in [-0.1, -0.05) is 0 Å². The van der Waals surface area contributed by atoms with Crippen molar-refractivity contribution >= 4 is 17.6 Å². The van der Waals surface area contributed by atoms with E-state index in [9.17, 15) is 55.2 Å². The molecule has 268 valence electrons. The van der Waals surface area contributed by atoms with Gasteiger partial charge in [-0.15, -0.1) is 0 Å². The van der Waals surface area contributed by atoms with Gasteiger partial charge < -0.3 is 71.2 Å². The molecule has 0 saturated heterocycles. The predicted molar refractivity (Wildman–Crippen MR) is 161 cm³/mol. The van der Waals surface area contributed by atoms with Crippen molar-refractivity contribution in [1.82, 2.24) is 10.6 Å². The van der Waals surface area contributed by atoms with E-state index >= 15 is 0 Å². The predicted octanol–water partition coefficient (Wildman–Crippen LogP) is -0.501. The number of aliphatic hydroxyl groups excluding tert-OH is 10. The van der Waals surface area contributed by atoms with Gasteiger partial charge in [-0.2, -0.15) is 0 Å². The zero-order valence-electron chi connectivity index (χ0n) is 26.2. The van der Waals surface area contributed by atoms with Crippen molar-refractivity contribution < 1.29 is 74.9 Å². The van der Waals surface area contributed by atoms with Crippen LogP contribution in [0.2, 0.25) is 0 Å². The monoisotopic (exact) mass is 668 g/mol. The first-order valence-corrected chi connectivity index (χ1v) is 15.2. The number of hydrogen-bond acceptors (Lipinski definition) is 15. The third-order valence-electron chi connectivity index (χ3n) is 6.64. The van der Waals surface area contributed by atoms with E-state index < -0.39 is 67.1 Å². The Morgan fingerprint density at radius 2 is 1.07 bits per heavy atom. The van der Waals surface area contributed by atoms with Crippen LogP contribution in [0.25, 0.3) is 0 Å². The van der Waals surface area contributed by atoms with Crippen LogP contribution in [0.5, 0.6) is 0 Å². The molecule has 0 radical (unpaired) electrons.